The van der Waals surface area contributed by atoms with Gasteiger partial charge >= 0.3 is 6.79 Å². The third kappa shape index (κ3) is 4.94. The molecule has 0 bridgehead atoms. The molecule has 7 heavy (non-hydrogen) atoms. The highest BCUT2D eigenvalue weighted by Gasteiger charge is 1.77. The SMILES string of the molecule is O=CO[CH]OC=O. The predicted octanol–water partition coefficient (Wildman–Crippen LogP) is -0.548. The minimum atomic E-state index is 0.142. The molecule has 0 aromatic carbocycles. The summed E-state index contributed by atoms with van der Waals surface area (Å²) in [5.41, 5.74) is 0. The van der Waals surface area contributed by atoms with Crippen molar-refractivity contribution in [2.24, 2.45) is 0 Å². The van der Waals surface area contributed by atoms with E-state index in [0.29, 0.717) is 6.79 Å². The first kappa shape index (κ1) is 5.94. The van der Waals surface area contributed by atoms with Gasteiger partial charge in [-0.25, -0.2) is 0 Å². The first-order valence-corrected chi connectivity index (χ1v) is 1.41. The van der Waals surface area contributed by atoms with Gasteiger partial charge in [0, 0.05) is 0 Å². The molecule has 39 valence electrons. The third-order valence-corrected chi connectivity index (χ3v) is 0.222. The summed E-state index contributed by atoms with van der Waals surface area (Å²) >= 11 is 0. The second kappa shape index (κ2) is 4.94. The van der Waals surface area contributed by atoms with Gasteiger partial charge in [0.25, 0.3) is 12.9 Å². The molecule has 0 unspecified atom stereocenters. The van der Waals surface area contributed by atoms with Crippen LogP contribution in [-0.4, -0.2) is 12.9 Å². The molecule has 0 N–H and O–H groups in total. The number of carbonyl (C=O) groups excluding carboxylic acids is 2. The molecular formula is C3H3O4. The summed E-state index contributed by atoms with van der Waals surface area (Å²) in [7, 11) is 0. The lowest BCUT2D eigenvalue weighted by Crippen LogP contribution is -1.87. The van der Waals surface area contributed by atoms with E-state index in [-0.39, 0.29) is 12.9 Å². The average Bonchev–Trinajstić information content (AvgIpc) is 1.69. The molecule has 0 heterocycles. The highest BCUT2D eigenvalue weighted by molar-refractivity contribution is 5.40. The van der Waals surface area contributed by atoms with Crippen LogP contribution in [0.1, 0.15) is 0 Å². The smallest absolute Gasteiger partial charge is 0.320 e. The van der Waals surface area contributed by atoms with E-state index >= 15 is 0 Å². The molecule has 0 atom stereocenters. The Bertz CT molecular complexity index is 52.0. The van der Waals surface area contributed by atoms with Gasteiger partial charge in [-0.2, -0.15) is 0 Å². The lowest BCUT2D eigenvalue weighted by atomic mass is 11.3. The van der Waals surface area contributed by atoms with Gasteiger partial charge in [-0.1, -0.05) is 0 Å². The lowest BCUT2D eigenvalue weighted by molar-refractivity contribution is -0.139. The number of carbonyl (C=O) groups is 2. The third-order valence-electron chi connectivity index (χ3n) is 0.222. The van der Waals surface area contributed by atoms with Crippen LogP contribution in [0.25, 0.3) is 0 Å². The van der Waals surface area contributed by atoms with E-state index in [2.05, 4.69) is 9.47 Å². The molecule has 0 saturated carbocycles. The maximum absolute atomic E-state index is 9.23. The van der Waals surface area contributed by atoms with Crippen molar-refractivity contribution in [3.63, 3.8) is 0 Å². The Hall–Kier alpha value is -1.06. The van der Waals surface area contributed by atoms with Crippen LogP contribution in [0.2, 0.25) is 0 Å². The normalized spacial score (nSPS) is 6.86. The monoisotopic (exact) mass is 103 g/mol. The molecule has 0 rings (SSSR count). The fourth-order valence-corrected chi connectivity index (χ4v) is 0.0774. The van der Waals surface area contributed by atoms with Crippen molar-refractivity contribution in [1.82, 2.24) is 0 Å². The molecule has 0 aliphatic heterocycles. The Kier molecular flexibility index (Phi) is 4.19. The van der Waals surface area contributed by atoms with Crippen LogP contribution in [-0.2, 0) is 19.1 Å². The summed E-state index contributed by atoms with van der Waals surface area (Å²) in [6, 6.07) is 0. The maximum Gasteiger partial charge on any atom is 0.320 e. The van der Waals surface area contributed by atoms with Gasteiger partial charge in [0.2, 0.25) is 0 Å². The minimum absolute atomic E-state index is 0.142. The summed E-state index contributed by atoms with van der Waals surface area (Å²) in [5.74, 6) is 0. The number of rotatable bonds is 4. The van der Waals surface area contributed by atoms with Crippen molar-refractivity contribution in [3.05, 3.63) is 6.79 Å². The maximum atomic E-state index is 9.23. The fraction of sp³-hybridized carbons (Fsp3) is 0. The largest absolute Gasteiger partial charge is 0.419 e. The van der Waals surface area contributed by atoms with Crippen molar-refractivity contribution in [1.29, 1.82) is 0 Å². The Morgan fingerprint density at radius 3 is 1.71 bits per heavy atom. The molecule has 1 radical (unpaired) electrons. The zero-order chi connectivity index (χ0) is 5.54. The van der Waals surface area contributed by atoms with E-state index in [1.165, 1.54) is 0 Å². The molecule has 0 saturated heterocycles. The second-order valence-electron chi connectivity index (χ2n) is 0.561. The first-order valence-electron chi connectivity index (χ1n) is 1.41. The van der Waals surface area contributed by atoms with Crippen LogP contribution in [0.5, 0.6) is 0 Å². The van der Waals surface area contributed by atoms with Gasteiger partial charge in [0.1, 0.15) is 0 Å². The topological polar surface area (TPSA) is 52.6 Å². The average molecular weight is 103 g/mol. The van der Waals surface area contributed by atoms with Crippen LogP contribution >= 0.6 is 0 Å². The van der Waals surface area contributed by atoms with E-state index in [9.17, 15) is 9.59 Å². The van der Waals surface area contributed by atoms with Gasteiger partial charge < -0.3 is 9.47 Å². The van der Waals surface area contributed by atoms with Crippen LogP contribution in [0.15, 0.2) is 0 Å². The highest BCUT2D eigenvalue weighted by atomic mass is 16.7. The van der Waals surface area contributed by atoms with Crippen LogP contribution in [0, 0.1) is 6.79 Å². The van der Waals surface area contributed by atoms with Crippen LogP contribution in [0.3, 0.4) is 0 Å². The lowest BCUT2D eigenvalue weighted by Gasteiger charge is -1.87. The summed E-state index contributed by atoms with van der Waals surface area (Å²) in [4.78, 5) is 18.5. The standard InChI is InChI=1S/C3H3O4/c4-1-6-3-7-2-5/h1-3H. The van der Waals surface area contributed by atoms with Crippen molar-refractivity contribution in [2.75, 3.05) is 0 Å². The van der Waals surface area contributed by atoms with E-state index in [0.717, 1.165) is 0 Å². The number of hydrogen-bond acceptors (Lipinski definition) is 4. The molecule has 0 spiro atoms. The molecule has 0 fully saturated rings. The fourth-order valence-electron chi connectivity index (χ4n) is 0.0774. The molecule has 4 nitrogen and oxygen atoms in total. The van der Waals surface area contributed by atoms with Crippen molar-refractivity contribution in [2.45, 2.75) is 0 Å². The Morgan fingerprint density at radius 2 is 1.43 bits per heavy atom. The number of hydrogen-bond donors (Lipinski definition) is 0. The summed E-state index contributed by atoms with van der Waals surface area (Å²) < 4.78 is 7.63. The van der Waals surface area contributed by atoms with Gasteiger partial charge in [-0.15, -0.1) is 0 Å². The molecule has 0 aromatic heterocycles. The molecule has 0 aliphatic rings. The van der Waals surface area contributed by atoms with Gasteiger partial charge in [-0.05, 0) is 0 Å². The van der Waals surface area contributed by atoms with Crippen LogP contribution < -0.4 is 0 Å². The van der Waals surface area contributed by atoms with E-state index in [1.807, 2.05) is 0 Å². The predicted molar refractivity (Wildman–Crippen MR) is 18.6 cm³/mol. The van der Waals surface area contributed by atoms with E-state index < -0.39 is 0 Å². The Morgan fingerprint density at radius 1 is 1.00 bits per heavy atom. The van der Waals surface area contributed by atoms with Crippen molar-refractivity contribution in [3.8, 4) is 0 Å². The van der Waals surface area contributed by atoms with Crippen LogP contribution in [0.4, 0.5) is 0 Å². The van der Waals surface area contributed by atoms with E-state index in [1.54, 1.807) is 0 Å². The van der Waals surface area contributed by atoms with Gasteiger partial charge in [-0.3, -0.25) is 9.59 Å². The second-order valence-corrected chi connectivity index (χ2v) is 0.561. The Labute approximate surface area is 40.0 Å². The molecule has 4 heteroatoms. The molecule has 0 amide bonds. The summed E-state index contributed by atoms with van der Waals surface area (Å²) in [5, 5.41) is 0. The first-order chi connectivity index (χ1) is 3.41. The summed E-state index contributed by atoms with van der Waals surface area (Å²) in [6.45, 7) is 0.910. The zero-order valence-corrected chi connectivity index (χ0v) is 3.37. The van der Waals surface area contributed by atoms with Crippen molar-refractivity contribution < 1.29 is 19.1 Å². The van der Waals surface area contributed by atoms with Crippen molar-refractivity contribution >= 4 is 12.9 Å². The number of ether oxygens (including phenoxy) is 2. The zero-order valence-electron chi connectivity index (χ0n) is 3.37. The minimum Gasteiger partial charge on any atom is -0.419 e. The molecule has 0 aromatic rings. The molecular weight excluding hydrogens is 100 g/mol. The van der Waals surface area contributed by atoms with Gasteiger partial charge in [0.15, 0.2) is 0 Å². The quantitative estimate of drug-likeness (QED) is 0.354. The Balaban J connectivity index is 2.68. The van der Waals surface area contributed by atoms with E-state index in [4.69, 9.17) is 0 Å². The van der Waals surface area contributed by atoms with Gasteiger partial charge in [0.05, 0.1) is 0 Å². The highest BCUT2D eigenvalue weighted by Crippen LogP contribution is 1.73. The summed E-state index contributed by atoms with van der Waals surface area (Å²) in [6.07, 6.45) is 0. The molecule has 0 aliphatic carbocycles.